The van der Waals surface area contributed by atoms with Crippen molar-refractivity contribution in [2.75, 3.05) is 46.3 Å². The number of carbonyl (C=O) groups excluding carboxylic acids is 1. The van der Waals surface area contributed by atoms with Crippen LogP contribution in [-0.2, 0) is 16.0 Å². The lowest BCUT2D eigenvalue weighted by Gasteiger charge is -2.41. The van der Waals surface area contributed by atoms with Crippen LogP contribution in [0, 0.1) is 5.92 Å². The van der Waals surface area contributed by atoms with Crippen LogP contribution in [0.5, 0.6) is 0 Å². The highest BCUT2D eigenvalue weighted by atomic mass is 32.1. The van der Waals surface area contributed by atoms with Gasteiger partial charge in [0.15, 0.2) is 0 Å². The highest BCUT2D eigenvalue weighted by molar-refractivity contribution is 7.07. The second kappa shape index (κ2) is 6.98. The number of fused-ring (bicyclic) bond motifs is 1. The summed E-state index contributed by atoms with van der Waals surface area (Å²) in [7, 11) is 1.96. The van der Waals surface area contributed by atoms with E-state index in [1.165, 1.54) is 0 Å². The molecule has 126 valence electrons. The Morgan fingerprint density at radius 3 is 2.78 bits per heavy atom. The Bertz CT molecular complexity index is 563. The van der Waals surface area contributed by atoms with Crippen molar-refractivity contribution >= 4 is 23.2 Å². The molecule has 0 spiro atoms. The van der Waals surface area contributed by atoms with Gasteiger partial charge in [0.25, 0.3) is 0 Å². The van der Waals surface area contributed by atoms with E-state index < -0.39 is 5.97 Å². The van der Waals surface area contributed by atoms with Gasteiger partial charge in [0.1, 0.15) is 0 Å². The molecule has 2 fully saturated rings. The molecule has 1 aromatic rings. The molecule has 2 aliphatic heterocycles. The van der Waals surface area contributed by atoms with Gasteiger partial charge in [-0.1, -0.05) is 0 Å². The number of aliphatic carboxylic acids is 1. The Labute approximate surface area is 140 Å². The monoisotopic (exact) mass is 337 g/mol. The van der Waals surface area contributed by atoms with Crippen molar-refractivity contribution in [1.82, 2.24) is 14.7 Å². The van der Waals surface area contributed by atoms with E-state index in [0.717, 1.165) is 18.7 Å². The van der Waals surface area contributed by atoms with Crippen LogP contribution in [0.4, 0.5) is 0 Å². The Balaban J connectivity index is 1.63. The molecule has 23 heavy (non-hydrogen) atoms. The van der Waals surface area contributed by atoms with Crippen LogP contribution in [0.25, 0.3) is 0 Å². The molecule has 3 heterocycles. The maximum atomic E-state index is 12.5. The summed E-state index contributed by atoms with van der Waals surface area (Å²) in [6.45, 7) is 4.11. The van der Waals surface area contributed by atoms with Gasteiger partial charge in [-0.2, -0.15) is 11.3 Å². The van der Waals surface area contributed by atoms with E-state index in [9.17, 15) is 14.7 Å². The molecule has 0 radical (unpaired) electrons. The Hall–Kier alpha value is -1.44. The maximum absolute atomic E-state index is 12.5. The lowest BCUT2D eigenvalue weighted by Crippen LogP contribution is -2.57. The third-order valence-electron chi connectivity index (χ3n) is 4.75. The summed E-state index contributed by atoms with van der Waals surface area (Å²) in [5, 5.41) is 13.4. The molecule has 2 atom stereocenters. The molecule has 0 aromatic carbocycles. The fourth-order valence-corrected chi connectivity index (χ4v) is 4.19. The van der Waals surface area contributed by atoms with E-state index in [0.29, 0.717) is 32.6 Å². The minimum Gasteiger partial charge on any atom is -0.481 e. The second-order valence-corrected chi connectivity index (χ2v) is 7.33. The van der Waals surface area contributed by atoms with Crippen molar-refractivity contribution in [2.45, 2.75) is 12.5 Å². The molecule has 1 aromatic heterocycles. The molecule has 0 bridgehead atoms. The third kappa shape index (κ3) is 3.91. The number of likely N-dealkylation sites (N-methyl/N-ethyl adjacent to an activating group) is 1. The summed E-state index contributed by atoms with van der Waals surface area (Å²) < 4.78 is 0. The number of carboxylic acid groups (broad SMARTS) is 1. The zero-order chi connectivity index (χ0) is 16.4. The van der Waals surface area contributed by atoms with Crippen molar-refractivity contribution in [1.29, 1.82) is 0 Å². The molecule has 0 aliphatic carbocycles. The van der Waals surface area contributed by atoms with E-state index >= 15 is 0 Å². The lowest BCUT2D eigenvalue weighted by atomic mass is 10.1. The number of carboxylic acids is 1. The zero-order valence-electron chi connectivity index (χ0n) is 13.4. The fourth-order valence-electron chi connectivity index (χ4n) is 3.52. The Morgan fingerprint density at radius 2 is 2.09 bits per heavy atom. The highest BCUT2D eigenvalue weighted by Gasteiger charge is 2.36. The molecule has 7 heteroatoms. The molecule has 1 N–H and O–H groups in total. The van der Waals surface area contributed by atoms with Gasteiger partial charge < -0.3 is 14.9 Å². The molecular weight excluding hydrogens is 314 g/mol. The van der Waals surface area contributed by atoms with Crippen LogP contribution in [0.15, 0.2) is 16.8 Å². The normalized spacial score (nSPS) is 26.6. The second-order valence-electron chi connectivity index (χ2n) is 6.55. The largest absolute Gasteiger partial charge is 0.481 e. The SMILES string of the molecule is CN1CC(C(=O)O)CN2CCN(C(=O)Cc3ccsc3)CC2C1. The first-order valence-electron chi connectivity index (χ1n) is 7.97. The zero-order valence-corrected chi connectivity index (χ0v) is 14.2. The van der Waals surface area contributed by atoms with Gasteiger partial charge in [-0.25, -0.2) is 0 Å². The predicted molar refractivity (Wildman–Crippen MR) is 88.6 cm³/mol. The predicted octanol–water partition coefficient (Wildman–Crippen LogP) is 0.450. The summed E-state index contributed by atoms with van der Waals surface area (Å²) in [6, 6.07) is 2.22. The number of piperazine rings is 1. The van der Waals surface area contributed by atoms with Crippen LogP contribution in [0.1, 0.15) is 5.56 Å². The average Bonchev–Trinajstić information content (AvgIpc) is 2.94. The molecule has 2 unspecified atom stereocenters. The molecule has 1 amide bonds. The highest BCUT2D eigenvalue weighted by Crippen LogP contribution is 2.19. The van der Waals surface area contributed by atoms with Gasteiger partial charge in [0.2, 0.25) is 5.91 Å². The Morgan fingerprint density at radius 1 is 1.26 bits per heavy atom. The number of amides is 1. The van der Waals surface area contributed by atoms with Gasteiger partial charge in [-0.3, -0.25) is 14.5 Å². The van der Waals surface area contributed by atoms with Crippen molar-refractivity contribution in [3.63, 3.8) is 0 Å². The summed E-state index contributed by atoms with van der Waals surface area (Å²) in [5.74, 6) is -0.906. The molecule has 0 saturated carbocycles. The van der Waals surface area contributed by atoms with Crippen molar-refractivity contribution in [3.05, 3.63) is 22.4 Å². The third-order valence-corrected chi connectivity index (χ3v) is 5.48. The van der Waals surface area contributed by atoms with Crippen molar-refractivity contribution in [3.8, 4) is 0 Å². The van der Waals surface area contributed by atoms with Gasteiger partial charge >= 0.3 is 5.97 Å². The van der Waals surface area contributed by atoms with Crippen molar-refractivity contribution < 1.29 is 14.7 Å². The minimum absolute atomic E-state index is 0.171. The minimum atomic E-state index is -0.728. The van der Waals surface area contributed by atoms with Crippen LogP contribution >= 0.6 is 11.3 Å². The van der Waals surface area contributed by atoms with Crippen LogP contribution < -0.4 is 0 Å². The van der Waals surface area contributed by atoms with E-state index in [1.807, 2.05) is 28.8 Å². The number of carbonyl (C=O) groups is 2. The van der Waals surface area contributed by atoms with Crippen LogP contribution in [0.3, 0.4) is 0 Å². The molecule has 3 rings (SSSR count). The topological polar surface area (TPSA) is 64.1 Å². The fraction of sp³-hybridized carbons (Fsp3) is 0.625. The van der Waals surface area contributed by atoms with Crippen molar-refractivity contribution in [2.24, 2.45) is 5.92 Å². The van der Waals surface area contributed by atoms with Gasteiger partial charge in [0, 0.05) is 45.3 Å². The van der Waals surface area contributed by atoms with Crippen LogP contribution in [-0.4, -0.2) is 84.0 Å². The average molecular weight is 337 g/mol. The summed E-state index contributed by atoms with van der Waals surface area (Å²) in [4.78, 5) is 30.1. The van der Waals surface area contributed by atoms with Gasteiger partial charge in [0.05, 0.1) is 12.3 Å². The van der Waals surface area contributed by atoms with E-state index in [1.54, 1.807) is 11.3 Å². The smallest absolute Gasteiger partial charge is 0.309 e. The number of hydrogen-bond acceptors (Lipinski definition) is 5. The van der Waals surface area contributed by atoms with E-state index in [2.05, 4.69) is 9.80 Å². The molecule has 6 nitrogen and oxygen atoms in total. The van der Waals surface area contributed by atoms with E-state index in [4.69, 9.17) is 0 Å². The lowest BCUT2D eigenvalue weighted by molar-refractivity contribution is -0.143. The summed E-state index contributed by atoms with van der Waals surface area (Å²) in [6.07, 6.45) is 0.462. The van der Waals surface area contributed by atoms with Gasteiger partial charge in [-0.15, -0.1) is 0 Å². The first kappa shape index (κ1) is 16.4. The van der Waals surface area contributed by atoms with Crippen LogP contribution in [0.2, 0.25) is 0 Å². The maximum Gasteiger partial charge on any atom is 0.309 e. The number of thiophene rings is 1. The number of rotatable bonds is 3. The summed E-state index contributed by atoms with van der Waals surface area (Å²) >= 11 is 1.61. The summed E-state index contributed by atoms with van der Waals surface area (Å²) in [5.41, 5.74) is 1.08. The molecule has 2 saturated heterocycles. The first-order valence-corrected chi connectivity index (χ1v) is 8.91. The first-order chi connectivity index (χ1) is 11.0. The Kier molecular flexibility index (Phi) is 4.99. The van der Waals surface area contributed by atoms with E-state index in [-0.39, 0.29) is 17.9 Å². The quantitative estimate of drug-likeness (QED) is 0.868. The molecular formula is C16H23N3O3S. The molecule has 2 aliphatic rings. The van der Waals surface area contributed by atoms with Gasteiger partial charge in [-0.05, 0) is 29.4 Å². The number of nitrogens with zero attached hydrogens (tertiary/aromatic N) is 3. The number of hydrogen-bond donors (Lipinski definition) is 1. The standard InChI is InChI=1S/C16H23N3O3S/c1-17-7-13(16(21)22)8-18-3-4-19(10-14(18)9-17)15(20)6-12-2-5-23-11-12/h2,5,11,13-14H,3-4,6-10H2,1H3,(H,21,22).